The molecule has 0 aliphatic carbocycles. The van der Waals surface area contributed by atoms with E-state index in [2.05, 4.69) is 4.98 Å². The molecule has 0 saturated carbocycles. The third-order valence-electron chi connectivity index (χ3n) is 3.69. The Bertz CT molecular complexity index is 926. The zero-order valence-electron chi connectivity index (χ0n) is 12.7. The monoisotopic (exact) mass is 345 g/mol. The number of carboxylic acid groups (broad SMARTS) is 1. The predicted octanol–water partition coefficient (Wildman–Crippen LogP) is 4.32. The Morgan fingerprint density at radius 3 is 2.58 bits per heavy atom. The summed E-state index contributed by atoms with van der Waals surface area (Å²) in [7, 11) is 1.39. The van der Waals surface area contributed by atoms with Crippen LogP contribution in [-0.4, -0.2) is 23.2 Å². The van der Waals surface area contributed by atoms with Crippen molar-refractivity contribution >= 4 is 28.5 Å². The summed E-state index contributed by atoms with van der Waals surface area (Å²) < 4.78 is 18.2. The van der Waals surface area contributed by atoms with Gasteiger partial charge >= 0.3 is 5.97 Å². The molecule has 1 heterocycles. The number of benzene rings is 2. The molecule has 1 N–H and O–H groups in total. The van der Waals surface area contributed by atoms with Gasteiger partial charge in [0, 0.05) is 11.6 Å². The van der Waals surface area contributed by atoms with Gasteiger partial charge in [0.05, 0.1) is 12.1 Å². The summed E-state index contributed by atoms with van der Waals surface area (Å²) in [6.07, 6.45) is 2.19. The van der Waals surface area contributed by atoms with Crippen LogP contribution in [0.4, 0.5) is 4.39 Å². The molecule has 4 nitrogen and oxygen atoms in total. The maximum atomic E-state index is 13.0. The molecule has 6 heteroatoms. The molecule has 0 bridgehead atoms. The molecule has 0 atom stereocenters. The fourth-order valence-corrected chi connectivity index (χ4v) is 2.82. The average molecular weight is 346 g/mol. The van der Waals surface area contributed by atoms with Crippen molar-refractivity contribution in [3.05, 3.63) is 70.1 Å². The van der Waals surface area contributed by atoms with Crippen LogP contribution in [0, 0.1) is 5.82 Å². The van der Waals surface area contributed by atoms with Crippen molar-refractivity contribution in [1.82, 2.24) is 4.98 Å². The number of hydrogen-bond donors (Lipinski definition) is 1. The molecular formula is C18H13ClFNO3. The van der Waals surface area contributed by atoms with Crippen LogP contribution < -0.4 is 4.74 Å². The van der Waals surface area contributed by atoms with Gasteiger partial charge in [-0.3, -0.25) is 4.98 Å². The maximum absolute atomic E-state index is 13.0. The molecule has 0 spiro atoms. The van der Waals surface area contributed by atoms with Crippen LogP contribution in [0.3, 0.4) is 0 Å². The van der Waals surface area contributed by atoms with E-state index in [4.69, 9.17) is 16.3 Å². The van der Waals surface area contributed by atoms with E-state index in [9.17, 15) is 14.3 Å². The molecule has 0 fully saturated rings. The van der Waals surface area contributed by atoms with E-state index in [1.165, 1.54) is 25.3 Å². The summed E-state index contributed by atoms with van der Waals surface area (Å²) >= 11 is 6.22. The molecule has 3 aromatic rings. The van der Waals surface area contributed by atoms with E-state index >= 15 is 0 Å². The highest BCUT2D eigenvalue weighted by molar-refractivity contribution is 6.36. The fourth-order valence-electron chi connectivity index (χ4n) is 2.57. The Balaban J connectivity index is 2.08. The lowest BCUT2D eigenvalue weighted by atomic mass is 10.0. The summed E-state index contributed by atoms with van der Waals surface area (Å²) in [6.45, 7) is 0. The molecule has 0 aliphatic rings. The summed E-state index contributed by atoms with van der Waals surface area (Å²) in [5.41, 5.74) is 2.17. The average Bonchev–Trinajstić information content (AvgIpc) is 2.57. The van der Waals surface area contributed by atoms with Gasteiger partial charge in [0.2, 0.25) is 0 Å². The van der Waals surface area contributed by atoms with Gasteiger partial charge < -0.3 is 9.84 Å². The minimum absolute atomic E-state index is 0.0335. The number of methoxy groups -OCH3 is 1. The van der Waals surface area contributed by atoms with Crippen molar-refractivity contribution in [1.29, 1.82) is 0 Å². The summed E-state index contributed by atoms with van der Waals surface area (Å²) in [4.78, 5) is 15.6. The topological polar surface area (TPSA) is 59.4 Å². The largest absolute Gasteiger partial charge is 0.494 e. The van der Waals surface area contributed by atoms with E-state index in [0.29, 0.717) is 17.3 Å². The van der Waals surface area contributed by atoms with E-state index < -0.39 is 5.97 Å². The van der Waals surface area contributed by atoms with E-state index in [-0.39, 0.29) is 22.2 Å². The van der Waals surface area contributed by atoms with Crippen molar-refractivity contribution in [2.24, 2.45) is 0 Å². The van der Waals surface area contributed by atoms with Crippen LogP contribution in [0.25, 0.3) is 10.9 Å². The van der Waals surface area contributed by atoms with Crippen LogP contribution in [0.5, 0.6) is 5.75 Å². The molecule has 0 unspecified atom stereocenters. The third-order valence-corrected chi connectivity index (χ3v) is 4.00. The number of carboxylic acids is 1. The molecule has 0 aliphatic heterocycles. The fraction of sp³-hybridized carbons (Fsp3) is 0.111. The Hall–Kier alpha value is -2.66. The van der Waals surface area contributed by atoms with Gasteiger partial charge in [0.1, 0.15) is 16.9 Å². The normalized spacial score (nSPS) is 10.8. The Morgan fingerprint density at radius 2 is 1.96 bits per heavy atom. The first-order valence-electron chi connectivity index (χ1n) is 7.12. The molecule has 1 aromatic heterocycles. The first-order valence-corrected chi connectivity index (χ1v) is 7.50. The Kier molecular flexibility index (Phi) is 4.36. The number of hydrogen-bond acceptors (Lipinski definition) is 3. The highest BCUT2D eigenvalue weighted by atomic mass is 35.5. The molecule has 122 valence electrons. The van der Waals surface area contributed by atoms with Gasteiger partial charge in [-0.15, -0.1) is 0 Å². The third kappa shape index (κ3) is 3.03. The number of fused-ring (bicyclic) bond motifs is 1. The standard InChI is InChI=1S/C18H13ClFNO3/c1-24-17-14(18(22)23)8-15(19)13-7-11(9-21-16(13)17)6-10-2-4-12(20)5-3-10/h2-5,7-9H,6H2,1H3,(H,22,23). The van der Waals surface area contributed by atoms with Gasteiger partial charge in [-0.1, -0.05) is 23.7 Å². The SMILES string of the molecule is COc1c(C(=O)O)cc(Cl)c2cc(Cc3ccc(F)cc3)cnc12. The summed E-state index contributed by atoms with van der Waals surface area (Å²) in [6, 6.07) is 9.40. The Morgan fingerprint density at radius 1 is 1.25 bits per heavy atom. The second-order valence-electron chi connectivity index (χ2n) is 5.29. The quantitative estimate of drug-likeness (QED) is 0.764. The van der Waals surface area contributed by atoms with Crippen molar-refractivity contribution < 1.29 is 19.0 Å². The van der Waals surface area contributed by atoms with Crippen LogP contribution in [0.1, 0.15) is 21.5 Å². The van der Waals surface area contributed by atoms with Gasteiger partial charge in [0.15, 0.2) is 5.75 Å². The summed E-state index contributed by atoms with van der Waals surface area (Å²) in [5.74, 6) is -1.24. The highest BCUT2D eigenvalue weighted by Crippen LogP contribution is 2.34. The number of rotatable bonds is 4. The molecule has 24 heavy (non-hydrogen) atoms. The number of carbonyl (C=O) groups is 1. The number of halogens is 2. The lowest BCUT2D eigenvalue weighted by Crippen LogP contribution is -2.02. The van der Waals surface area contributed by atoms with Crippen molar-refractivity contribution in [2.45, 2.75) is 6.42 Å². The van der Waals surface area contributed by atoms with Crippen LogP contribution in [0.15, 0.2) is 42.6 Å². The van der Waals surface area contributed by atoms with E-state index in [1.807, 2.05) is 6.07 Å². The Labute approximate surface area is 142 Å². The lowest BCUT2D eigenvalue weighted by molar-refractivity contribution is 0.0693. The van der Waals surface area contributed by atoms with E-state index in [0.717, 1.165) is 11.1 Å². The highest BCUT2D eigenvalue weighted by Gasteiger charge is 2.18. The first-order chi connectivity index (χ1) is 11.5. The van der Waals surface area contributed by atoms with Crippen LogP contribution in [0.2, 0.25) is 5.02 Å². The molecule has 2 aromatic carbocycles. The number of aromatic nitrogens is 1. The zero-order valence-corrected chi connectivity index (χ0v) is 13.5. The molecule has 0 radical (unpaired) electrons. The number of nitrogens with zero attached hydrogens (tertiary/aromatic N) is 1. The van der Waals surface area contributed by atoms with Crippen molar-refractivity contribution in [3.8, 4) is 5.75 Å². The van der Waals surface area contributed by atoms with E-state index in [1.54, 1.807) is 18.3 Å². The molecule has 3 rings (SSSR count). The molecule has 0 amide bonds. The second kappa shape index (κ2) is 6.45. The summed E-state index contributed by atoms with van der Waals surface area (Å²) in [5, 5.41) is 10.2. The first kappa shape index (κ1) is 16.2. The van der Waals surface area contributed by atoms with Crippen molar-refractivity contribution in [2.75, 3.05) is 7.11 Å². The van der Waals surface area contributed by atoms with Gasteiger partial charge in [-0.2, -0.15) is 0 Å². The minimum Gasteiger partial charge on any atom is -0.494 e. The van der Waals surface area contributed by atoms with Gasteiger partial charge in [-0.05, 0) is 41.8 Å². The number of aromatic carboxylic acids is 1. The zero-order chi connectivity index (χ0) is 17.3. The maximum Gasteiger partial charge on any atom is 0.339 e. The number of ether oxygens (including phenoxy) is 1. The molecular weight excluding hydrogens is 333 g/mol. The smallest absolute Gasteiger partial charge is 0.339 e. The van der Waals surface area contributed by atoms with Gasteiger partial charge in [0.25, 0.3) is 0 Å². The van der Waals surface area contributed by atoms with Crippen LogP contribution >= 0.6 is 11.6 Å². The number of pyridine rings is 1. The van der Waals surface area contributed by atoms with Crippen molar-refractivity contribution in [3.63, 3.8) is 0 Å². The second-order valence-corrected chi connectivity index (χ2v) is 5.69. The minimum atomic E-state index is -1.13. The lowest BCUT2D eigenvalue weighted by Gasteiger charge is -2.11. The predicted molar refractivity (Wildman–Crippen MR) is 89.5 cm³/mol. The van der Waals surface area contributed by atoms with Gasteiger partial charge in [-0.25, -0.2) is 9.18 Å². The molecule has 0 saturated heterocycles. The van der Waals surface area contributed by atoms with Crippen LogP contribution in [-0.2, 0) is 6.42 Å².